The largest absolute Gasteiger partial charge is 0.397 e. The molecule has 0 aliphatic heterocycles. The van der Waals surface area contributed by atoms with E-state index in [1.165, 1.54) is 0 Å². The average Bonchev–Trinajstić information content (AvgIpc) is 2.26. The summed E-state index contributed by atoms with van der Waals surface area (Å²) < 4.78 is 11.1. The molecule has 1 rings (SSSR count). The highest BCUT2D eigenvalue weighted by Gasteiger charge is 2.12. The minimum absolute atomic E-state index is 0.131. The van der Waals surface area contributed by atoms with Crippen molar-refractivity contribution in [1.82, 2.24) is 5.32 Å². The minimum atomic E-state index is -0.929. The lowest BCUT2D eigenvalue weighted by atomic mass is 10.1. The summed E-state index contributed by atoms with van der Waals surface area (Å²) in [6, 6.07) is 5.07. The van der Waals surface area contributed by atoms with Crippen molar-refractivity contribution in [1.29, 1.82) is 0 Å². The van der Waals surface area contributed by atoms with E-state index in [1.807, 2.05) is 32.0 Å². The summed E-state index contributed by atoms with van der Waals surface area (Å²) in [5.41, 5.74) is 7.85. The van der Waals surface area contributed by atoms with Gasteiger partial charge in [-0.15, -0.1) is 0 Å². The molecule has 0 saturated heterocycles. The van der Waals surface area contributed by atoms with E-state index in [4.69, 9.17) is 5.73 Å². The lowest BCUT2D eigenvalue weighted by Gasteiger charge is -2.17. The van der Waals surface area contributed by atoms with E-state index in [-0.39, 0.29) is 11.9 Å². The second-order valence-corrected chi connectivity index (χ2v) is 6.26. The van der Waals surface area contributed by atoms with Crippen LogP contribution in [0.1, 0.15) is 17.3 Å². The Morgan fingerprint density at radius 2 is 2.11 bits per heavy atom. The summed E-state index contributed by atoms with van der Waals surface area (Å²) in [4.78, 5) is 13.9. The maximum atomic E-state index is 12.0. The molecular weight excluding hydrogens is 262 g/mol. The third-order valence-corrected chi connectivity index (χ3v) is 3.60. The van der Waals surface area contributed by atoms with Gasteiger partial charge in [-0.2, -0.15) is 0 Å². The molecule has 1 aromatic carbocycles. The lowest BCUT2D eigenvalue weighted by molar-refractivity contribution is 0.0944. The van der Waals surface area contributed by atoms with Gasteiger partial charge in [0.15, 0.2) is 0 Å². The molecule has 0 saturated carbocycles. The molecule has 0 spiro atoms. The van der Waals surface area contributed by atoms with Crippen molar-refractivity contribution in [2.45, 2.75) is 13.0 Å². The third kappa shape index (κ3) is 4.55. The summed E-state index contributed by atoms with van der Waals surface area (Å²) in [5.74, 6) is 0.242. The number of anilines is 2. The summed E-state index contributed by atoms with van der Waals surface area (Å²) >= 11 is 0. The third-order valence-electron chi connectivity index (χ3n) is 2.63. The monoisotopic (exact) mass is 283 g/mol. The van der Waals surface area contributed by atoms with Crippen molar-refractivity contribution in [2.24, 2.45) is 0 Å². The number of nitrogens with one attached hydrogen (secondary N) is 1. The Bertz CT molecular complexity index is 489. The molecule has 2 unspecified atom stereocenters. The first-order valence-corrected chi connectivity index (χ1v) is 7.71. The molecule has 3 N–H and O–H groups in total. The molecule has 0 aliphatic rings. The molecule has 106 valence electrons. The van der Waals surface area contributed by atoms with Crippen LogP contribution in [-0.4, -0.2) is 42.3 Å². The van der Waals surface area contributed by atoms with Crippen molar-refractivity contribution < 1.29 is 9.00 Å². The number of hydrogen-bond donors (Lipinski definition) is 2. The zero-order valence-corrected chi connectivity index (χ0v) is 12.6. The van der Waals surface area contributed by atoms with Gasteiger partial charge >= 0.3 is 0 Å². The maximum Gasteiger partial charge on any atom is 0.251 e. The van der Waals surface area contributed by atoms with E-state index in [1.54, 1.807) is 18.4 Å². The maximum absolute atomic E-state index is 12.0. The quantitative estimate of drug-likeness (QED) is 0.785. The summed E-state index contributed by atoms with van der Waals surface area (Å²) in [7, 11) is 2.86. The van der Waals surface area contributed by atoms with Crippen LogP contribution in [0.5, 0.6) is 0 Å². The molecule has 0 fully saturated rings. The molecule has 19 heavy (non-hydrogen) atoms. The average molecular weight is 283 g/mol. The van der Waals surface area contributed by atoms with E-state index in [9.17, 15) is 9.00 Å². The van der Waals surface area contributed by atoms with Crippen molar-refractivity contribution in [2.75, 3.05) is 36.7 Å². The highest BCUT2D eigenvalue weighted by atomic mass is 32.2. The molecule has 1 aromatic rings. The number of amides is 1. The molecule has 0 aromatic heterocycles. The van der Waals surface area contributed by atoms with Gasteiger partial charge in [-0.05, 0) is 25.1 Å². The van der Waals surface area contributed by atoms with Gasteiger partial charge in [0.2, 0.25) is 0 Å². The van der Waals surface area contributed by atoms with Gasteiger partial charge in [0, 0.05) is 48.5 Å². The Kier molecular flexibility index (Phi) is 5.35. The molecule has 6 heteroatoms. The number of carbonyl (C=O) groups is 1. The number of benzene rings is 1. The minimum Gasteiger partial charge on any atom is -0.397 e. The molecule has 1 amide bonds. The van der Waals surface area contributed by atoms with Crippen LogP contribution in [0, 0.1) is 0 Å². The van der Waals surface area contributed by atoms with Crippen LogP contribution in [0.4, 0.5) is 11.4 Å². The van der Waals surface area contributed by atoms with Crippen LogP contribution in [0.2, 0.25) is 0 Å². The Morgan fingerprint density at radius 1 is 1.47 bits per heavy atom. The van der Waals surface area contributed by atoms with E-state index in [2.05, 4.69) is 5.32 Å². The summed E-state index contributed by atoms with van der Waals surface area (Å²) in [5, 5.41) is 2.80. The fourth-order valence-corrected chi connectivity index (χ4v) is 2.59. The van der Waals surface area contributed by atoms with Crippen molar-refractivity contribution in [3.8, 4) is 0 Å². The first kappa shape index (κ1) is 15.5. The normalized spacial score (nSPS) is 13.7. The topological polar surface area (TPSA) is 75.4 Å². The fourth-order valence-electron chi connectivity index (χ4n) is 1.80. The molecule has 5 nitrogen and oxygen atoms in total. The van der Waals surface area contributed by atoms with Crippen molar-refractivity contribution in [3.05, 3.63) is 23.8 Å². The van der Waals surface area contributed by atoms with Crippen LogP contribution in [0.3, 0.4) is 0 Å². The van der Waals surface area contributed by atoms with Crippen LogP contribution in [0.25, 0.3) is 0 Å². The standard InChI is InChI=1S/C13H21N3O2S/c1-9(8-19(4)18)15-13(17)10-5-6-12(16(2)3)11(14)7-10/h5-7,9H,8,14H2,1-4H3,(H,15,17). The first-order chi connectivity index (χ1) is 8.81. The number of nitrogen functional groups attached to an aromatic ring is 1. The zero-order chi connectivity index (χ0) is 14.6. The Morgan fingerprint density at radius 3 is 2.58 bits per heavy atom. The number of nitrogens with two attached hydrogens (primary N) is 1. The molecule has 2 atom stereocenters. The fraction of sp³-hybridized carbons (Fsp3) is 0.462. The van der Waals surface area contributed by atoms with Gasteiger partial charge in [0.25, 0.3) is 5.91 Å². The molecular formula is C13H21N3O2S. The van der Waals surface area contributed by atoms with Gasteiger partial charge in [-0.3, -0.25) is 9.00 Å². The number of carbonyl (C=O) groups excluding carboxylic acids is 1. The predicted octanol–water partition coefficient (Wildman–Crippen LogP) is 0.832. The Balaban J connectivity index is 2.78. The molecule has 0 aliphatic carbocycles. The SMILES string of the molecule is CC(CS(C)=O)NC(=O)c1ccc(N(C)C)c(N)c1. The summed E-state index contributed by atoms with van der Waals surface area (Å²) in [6.07, 6.45) is 1.62. The van der Waals surface area contributed by atoms with Crippen molar-refractivity contribution in [3.63, 3.8) is 0 Å². The Hall–Kier alpha value is -1.56. The van der Waals surface area contributed by atoms with Gasteiger partial charge in [-0.1, -0.05) is 0 Å². The van der Waals surface area contributed by atoms with Crippen LogP contribution in [-0.2, 0) is 10.8 Å². The second kappa shape index (κ2) is 6.56. The van der Waals surface area contributed by atoms with Crippen LogP contribution < -0.4 is 16.0 Å². The highest BCUT2D eigenvalue weighted by Crippen LogP contribution is 2.22. The van der Waals surface area contributed by atoms with E-state index in [0.29, 0.717) is 17.0 Å². The van der Waals surface area contributed by atoms with Gasteiger partial charge < -0.3 is 16.0 Å². The first-order valence-electron chi connectivity index (χ1n) is 5.99. The van der Waals surface area contributed by atoms with Crippen LogP contribution in [0.15, 0.2) is 18.2 Å². The van der Waals surface area contributed by atoms with E-state index >= 15 is 0 Å². The summed E-state index contributed by atoms with van der Waals surface area (Å²) in [6.45, 7) is 1.83. The van der Waals surface area contributed by atoms with Gasteiger partial charge in [-0.25, -0.2) is 0 Å². The molecule has 0 radical (unpaired) electrons. The predicted molar refractivity (Wildman–Crippen MR) is 81.0 cm³/mol. The van der Waals surface area contributed by atoms with Crippen molar-refractivity contribution >= 4 is 28.1 Å². The second-order valence-electron chi connectivity index (χ2n) is 4.78. The lowest BCUT2D eigenvalue weighted by Crippen LogP contribution is -2.36. The van der Waals surface area contributed by atoms with Gasteiger partial charge in [0.05, 0.1) is 11.4 Å². The van der Waals surface area contributed by atoms with E-state index in [0.717, 1.165) is 5.69 Å². The van der Waals surface area contributed by atoms with E-state index < -0.39 is 10.8 Å². The molecule has 0 heterocycles. The van der Waals surface area contributed by atoms with Gasteiger partial charge in [0.1, 0.15) is 0 Å². The smallest absolute Gasteiger partial charge is 0.251 e. The zero-order valence-electron chi connectivity index (χ0n) is 11.8. The highest BCUT2D eigenvalue weighted by molar-refractivity contribution is 7.84. The number of rotatable bonds is 5. The molecule has 0 bridgehead atoms. The Labute approximate surface area is 116 Å². The number of nitrogens with zero attached hydrogens (tertiary/aromatic N) is 1. The van der Waals surface area contributed by atoms with Crippen LogP contribution >= 0.6 is 0 Å². The number of hydrogen-bond acceptors (Lipinski definition) is 4.